The van der Waals surface area contributed by atoms with Gasteiger partial charge in [-0.1, -0.05) is 65.8 Å². The first kappa shape index (κ1) is 21.4. The lowest BCUT2D eigenvalue weighted by Crippen LogP contribution is -2.44. The molecule has 1 N–H and O–H groups in total. The van der Waals surface area contributed by atoms with Gasteiger partial charge in [-0.25, -0.2) is 4.79 Å². The van der Waals surface area contributed by atoms with Gasteiger partial charge in [0.1, 0.15) is 0 Å². The van der Waals surface area contributed by atoms with Gasteiger partial charge in [-0.05, 0) is 32.4 Å². The minimum atomic E-state index is -0.753. The van der Waals surface area contributed by atoms with Gasteiger partial charge in [0.25, 0.3) is 0 Å². The summed E-state index contributed by atoms with van der Waals surface area (Å²) < 4.78 is 0. The molecule has 0 aromatic heterocycles. The highest BCUT2D eigenvalue weighted by Crippen LogP contribution is 2.20. The molecule has 1 atom stereocenters. The van der Waals surface area contributed by atoms with Crippen molar-refractivity contribution in [1.29, 1.82) is 0 Å². The molecule has 0 bridgehead atoms. The van der Waals surface area contributed by atoms with Gasteiger partial charge in [-0.2, -0.15) is 0 Å². The molecule has 0 spiro atoms. The van der Waals surface area contributed by atoms with Gasteiger partial charge in [0, 0.05) is 11.6 Å². The van der Waals surface area contributed by atoms with Crippen molar-refractivity contribution in [3.8, 4) is 0 Å². The molecule has 5 nitrogen and oxygen atoms in total. The van der Waals surface area contributed by atoms with Crippen molar-refractivity contribution in [3.05, 3.63) is 71.4 Å². The number of amides is 4. The van der Waals surface area contributed by atoms with Crippen LogP contribution in [0.15, 0.2) is 71.4 Å². The summed E-state index contributed by atoms with van der Waals surface area (Å²) in [5, 5.41) is 2.83. The second-order valence-electron chi connectivity index (χ2n) is 5.51. The molecule has 26 heavy (non-hydrogen) atoms. The van der Waals surface area contributed by atoms with E-state index in [1.165, 1.54) is 0 Å². The summed E-state index contributed by atoms with van der Waals surface area (Å²) in [5.74, 6) is -0.986. The number of allylic oxidation sites excluding steroid dienone is 10. The maximum Gasteiger partial charge on any atom is 0.330 e. The molecule has 0 saturated carbocycles. The molecule has 1 aliphatic carbocycles. The normalized spacial score (nSPS) is 15.7. The summed E-state index contributed by atoms with van der Waals surface area (Å²) in [5.41, 5.74) is 0.828. The van der Waals surface area contributed by atoms with Crippen molar-refractivity contribution < 1.29 is 14.4 Å². The quantitative estimate of drug-likeness (QED) is 0.540. The van der Waals surface area contributed by atoms with Gasteiger partial charge in [-0.15, -0.1) is 0 Å². The number of nitrogens with one attached hydrogen (secondary N) is 1. The summed E-state index contributed by atoms with van der Waals surface area (Å²) in [6.45, 7) is 3.67. The Morgan fingerprint density at radius 3 is 2.69 bits per heavy atom. The van der Waals surface area contributed by atoms with E-state index in [1.54, 1.807) is 43.4 Å². The molecule has 0 aromatic rings. The highest BCUT2D eigenvalue weighted by atomic mass is 35.5. The molecular weight excluding hydrogens is 352 g/mol. The van der Waals surface area contributed by atoms with Crippen LogP contribution in [0.3, 0.4) is 0 Å². The molecule has 1 rings (SSSR count). The van der Waals surface area contributed by atoms with E-state index in [-0.39, 0.29) is 6.54 Å². The minimum Gasteiger partial charge on any atom is -0.278 e. The van der Waals surface area contributed by atoms with E-state index in [4.69, 9.17) is 11.6 Å². The predicted octanol–water partition coefficient (Wildman–Crippen LogP) is 4.01. The number of halogens is 1. The molecular formula is C20H23ClN2O3. The number of hydrogen-bond donors (Lipinski definition) is 1. The third-order valence-corrected chi connectivity index (χ3v) is 3.87. The van der Waals surface area contributed by atoms with E-state index < -0.39 is 17.9 Å². The van der Waals surface area contributed by atoms with Gasteiger partial charge in [0.2, 0.25) is 12.3 Å². The fourth-order valence-electron chi connectivity index (χ4n) is 2.06. The second kappa shape index (κ2) is 11.8. The maximum atomic E-state index is 12.3. The molecule has 1 aliphatic rings. The Morgan fingerprint density at radius 1 is 1.27 bits per heavy atom. The average molecular weight is 375 g/mol. The SMILES string of the molecule is C\C=C/C=C\C=C\CN(C=O)C(=O)NC(=O)C(C)C1=CC=C(Cl)C=CC1. The fraction of sp³-hybridized carbons (Fsp3) is 0.250. The van der Waals surface area contributed by atoms with E-state index >= 15 is 0 Å². The van der Waals surface area contributed by atoms with Crippen LogP contribution >= 0.6 is 11.6 Å². The number of carbonyl (C=O) groups is 3. The standard InChI is InChI=1S/C20H23ClN2O3/c1-3-4-5-6-7-8-14-23(15-24)20(26)22-19(25)16(2)17-10-9-11-18(21)13-12-17/h3-9,11-13,15-16H,10,14H2,1-2H3,(H,22,25,26)/b4-3-,6-5-,8-7+. The molecule has 0 aromatic carbocycles. The molecule has 4 amide bonds. The number of hydrogen-bond acceptors (Lipinski definition) is 3. The number of rotatable bonds is 7. The number of carbonyl (C=O) groups excluding carboxylic acids is 3. The Balaban J connectivity index is 2.62. The summed E-state index contributed by atoms with van der Waals surface area (Å²) in [6.07, 6.45) is 18.7. The molecule has 0 radical (unpaired) electrons. The predicted molar refractivity (Wildman–Crippen MR) is 104 cm³/mol. The lowest BCUT2D eigenvalue weighted by Gasteiger charge is -2.17. The van der Waals surface area contributed by atoms with Gasteiger partial charge < -0.3 is 0 Å². The van der Waals surface area contributed by atoms with E-state index in [0.29, 0.717) is 17.9 Å². The molecule has 138 valence electrons. The van der Waals surface area contributed by atoms with Gasteiger partial charge in [0.15, 0.2) is 0 Å². The molecule has 0 aliphatic heterocycles. The molecule has 0 saturated heterocycles. The van der Waals surface area contributed by atoms with E-state index in [2.05, 4.69) is 5.32 Å². The van der Waals surface area contributed by atoms with Crippen LogP contribution in [-0.2, 0) is 9.59 Å². The largest absolute Gasteiger partial charge is 0.330 e. The van der Waals surface area contributed by atoms with Crippen LogP contribution in [0.1, 0.15) is 20.3 Å². The van der Waals surface area contributed by atoms with Crippen LogP contribution < -0.4 is 5.32 Å². The number of urea groups is 1. The van der Waals surface area contributed by atoms with Gasteiger partial charge in [0.05, 0.1) is 5.92 Å². The number of imide groups is 2. The topological polar surface area (TPSA) is 66.5 Å². The van der Waals surface area contributed by atoms with Crippen LogP contribution in [0, 0.1) is 5.92 Å². The minimum absolute atomic E-state index is 0.0704. The Labute approximate surface area is 159 Å². The highest BCUT2D eigenvalue weighted by Gasteiger charge is 2.21. The number of nitrogens with zero attached hydrogens (tertiary/aromatic N) is 1. The Kier molecular flexibility index (Phi) is 9.72. The fourth-order valence-corrected chi connectivity index (χ4v) is 2.21. The first-order valence-electron chi connectivity index (χ1n) is 8.23. The summed E-state index contributed by atoms with van der Waals surface area (Å²) >= 11 is 5.92. The molecule has 0 heterocycles. The lowest BCUT2D eigenvalue weighted by molar-refractivity contribution is -0.122. The third-order valence-electron chi connectivity index (χ3n) is 3.62. The van der Waals surface area contributed by atoms with Crippen LogP contribution in [0.5, 0.6) is 0 Å². The van der Waals surface area contributed by atoms with Crippen molar-refractivity contribution in [2.45, 2.75) is 20.3 Å². The lowest BCUT2D eigenvalue weighted by atomic mass is 9.97. The molecule has 0 fully saturated rings. The monoisotopic (exact) mass is 374 g/mol. The third kappa shape index (κ3) is 7.49. The van der Waals surface area contributed by atoms with Crippen LogP contribution in [0.4, 0.5) is 4.79 Å². The summed E-state index contributed by atoms with van der Waals surface area (Å²) in [6, 6.07) is -0.753. The zero-order valence-corrected chi connectivity index (χ0v) is 15.6. The van der Waals surface area contributed by atoms with Crippen molar-refractivity contribution in [3.63, 3.8) is 0 Å². The Hall–Kier alpha value is -2.66. The van der Waals surface area contributed by atoms with Crippen molar-refractivity contribution in [2.24, 2.45) is 5.92 Å². The average Bonchev–Trinajstić information content (AvgIpc) is 2.84. The van der Waals surface area contributed by atoms with Crippen molar-refractivity contribution in [1.82, 2.24) is 10.2 Å². The zero-order chi connectivity index (χ0) is 19.4. The van der Waals surface area contributed by atoms with E-state index in [0.717, 1.165) is 10.5 Å². The molecule has 1 unspecified atom stereocenters. The summed E-state index contributed by atoms with van der Waals surface area (Å²) in [4.78, 5) is 36.4. The van der Waals surface area contributed by atoms with Gasteiger partial charge in [-0.3, -0.25) is 19.8 Å². The Bertz CT molecular complexity index is 700. The molecule has 6 heteroatoms. The van der Waals surface area contributed by atoms with E-state index in [1.807, 2.05) is 31.2 Å². The van der Waals surface area contributed by atoms with Crippen LogP contribution in [-0.4, -0.2) is 29.8 Å². The van der Waals surface area contributed by atoms with Crippen LogP contribution in [0.25, 0.3) is 0 Å². The smallest absolute Gasteiger partial charge is 0.278 e. The van der Waals surface area contributed by atoms with Crippen molar-refractivity contribution >= 4 is 29.9 Å². The Morgan fingerprint density at radius 2 is 2.00 bits per heavy atom. The first-order chi connectivity index (χ1) is 12.5. The van der Waals surface area contributed by atoms with Crippen LogP contribution in [0.2, 0.25) is 0 Å². The zero-order valence-electron chi connectivity index (χ0n) is 14.9. The van der Waals surface area contributed by atoms with Gasteiger partial charge >= 0.3 is 6.03 Å². The second-order valence-corrected chi connectivity index (χ2v) is 5.95. The highest BCUT2D eigenvalue weighted by molar-refractivity contribution is 6.31. The summed E-state index contributed by atoms with van der Waals surface area (Å²) in [7, 11) is 0. The van der Waals surface area contributed by atoms with E-state index in [9.17, 15) is 14.4 Å². The first-order valence-corrected chi connectivity index (χ1v) is 8.61. The maximum absolute atomic E-state index is 12.3. The van der Waals surface area contributed by atoms with Crippen molar-refractivity contribution in [2.75, 3.05) is 6.54 Å².